The number of imidazole rings is 1. The lowest BCUT2D eigenvalue weighted by Crippen LogP contribution is -2.43. The van der Waals surface area contributed by atoms with Crippen LogP contribution in [0.4, 0.5) is 5.95 Å². The second kappa shape index (κ2) is 7.89. The average Bonchev–Trinajstić information content (AvgIpc) is 2.98. The Bertz CT molecular complexity index is 714. The van der Waals surface area contributed by atoms with Gasteiger partial charge >= 0.3 is 0 Å². The quantitative estimate of drug-likeness (QED) is 0.873. The van der Waals surface area contributed by atoms with E-state index in [9.17, 15) is 4.79 Å². The summed E-state index contributed by atoms with van der Waals surface area (Å²) < 4.78 is 2.35. The van der Waals surface area contributed by atoms with Crippen LogP contribution in [0.15, 0.2) is 24.3 Å². The van der Waals surface area contributed by atoms with Crippen LogP contribution >= 0.6 is 0 Å². The van der Waals surface area contributed by atoms with E-state index in [0.29, 0.717) is 0 Å². The molecule has 0 bridgehead atoms. The largest absolute Gasteiger partial charge is 0.354 e. The maximum absolute atomic E-state index is 12.3. The minimum absolute atomic E-state index is 0.132. The minimum atomic E-state index is 0.132. The fourth-order valence-corrected chi connectivity index (χ4v) is 3.58. The highest BCUT2D eigenvalue weighted by molar-refractivity contribution is 5.80. The van der Waals surface area contributed by atoms with E-state index in [1.54, 1.807) is 0 Å². The maximum Gasteiger partial charge on any atom is 0.223 e. The van der Waals surface area contributed by atoms with E-state index in [1.807, 2.05) is 19.9 Å². The van der Waals surface area contributed by atoms with Crippen molar-refractivity contribution in [1.82, 2.24) is 14.9 Å². The molecule has 0 unspecified atom stereocenters. The maximum atomic E-state index is 12.3. The summed E-state index contributed by atoms with van der Waals surface area (Å²) in [4.78, 5) is 19.5. The third kappa shape index (κ3) is 3.97. The van der Waals surface area contributed by atoms with Crippen molar-refractivity contribution in [3.63, 3.8) is 0 Å². The number of nitrogens with zero attached hydrogens (tertiary/aromatic N) is 3. The van der Waals surface area contributed by atoms with Gasteiger partial charge in [-0.15, -0.1) is 0 Å². The number of para-hydroxylation sites is 2. The molecule has 1 saturated heterocycles. The molecule has 1 aliphatic heterocycles. The summed E-state index contributed by atoms with van der Waals surface area (Å²) in [5.74, 6) is 1.40. The van der Waals surface area contributed by atoms with Crippen LogP contribution in [0.25, 0.3) is 11.0 Å². The number of aryl methyl sites for hydroxylation is 1. The third-order valence-electron chi connectivity index (χ3n) is 4.95. The van der Waals surface area contributed by atoms with Crippen molar-refractivity contribution in [3.05, 3.63) is 24.3 Å². The van der Waals surface area contributed by atoms with Gasteiger partial charge in [-0.3, -0.25) is 4.79 Å². The van der Waals surface area contributed by atoms with Gasteiger partial charge in [0.15, 0.2) is 0 Å². The molecule has 5 heteroatoms. The van der Waals surface area contributed by atoms with E-state index in [1.165, 1.54) is 11.9 Å². The summed E-state index contributed by atoms with van der Waals surface area (Å²) in [6.07, 6.45) is 4.12. The fourth-order valence-electron chi connectivity index (χ4n) is 3.58. The number of aromatic nitrogens is 2. The number of benzene rings is 1. The zero-order chi connectivity index (χ0) is 17.8. The summed E-state index contributed by atoms with van der Waals surface area (Å²) in [7, 11) is 0. The first-order chi connectivity index (χ1) is 12.1. The summed E-state index contributed by atoms with van der Waals surface area (Å²) in [6.45, 7) is 9.04. The number of unbranched alkanes of at least 4 members (excludes halogenated alkanes) is 1. The Kier molecular flexibility index (Phi) is 5.61. The van der Waals surface area contributed by atoms with Crippen LogP contribution in [0, 0.1) is 5.92 Å². The van der Waals surface area contributed by atoms with Crippen molar-refractivity contribution in [1.29, 1.82) is 0 Å². The van der Waals surface area contributed by atoms with Gasteiger partial charge in [-0.05, 0) is 45.2 Å². The number of amides is 1. The molecule has 1 aromatic carbocycles. The van der Waals surface area contributed by atoms with Crippen molar-refractivity contribution in [2.45, 2.75) is 59.0 Å². The molecule has 0 aliphatic carbocycles. The number of nitrogens with one attached hydrogen (secondary N) is 1. The summed E-state index contributed by atoms with van der Waals surface area (Å²) in [6, 6.07) is 8.59. The SMILES string of the molecule is CCCCn1c(N2CCC(C(=O)NC(C)C)CC2)nc2ccccc21. The monoisotopic (exact) mass is 342 g/mol. The fraction of sp³-hybridized carbons (Fsp3) is 0.600. The molecule has 2 heterocycles. The number of hydrogen-bond donors (Lipinski definition) is 1. The molecule has 136 valence electrons. The number of fused-ring (bicyclic) bond motifs is 1. The normalized spacial score (nSPS) is 15.9. The molecule has 1 fully saturated rings. The van der Waals surface area contributed by atoms with E-state index in [4.69, 9.17) is 4.98 Å². The topological polar surface area (TPSA) is 50.2 Å². The Morgan fingerprint density at radius 2 is 2.00 bits per heavy atom. The molecule has 5 nitrogen and oxygen atoms in total. The highest BCUT2D eigenvalue weighted by Crippen LogP contribution is 2.27. The van der Waals surface area contributed by atoms with Crippen molar-refractivity contribution < 1.29 is 4.79 Å². The number of carbonyl (C=O) groups is 1. The van der Waals surface area contributed by atoms with Crippen molar-refractivity contribution >= 4 is 22.9 Å². The number of carbonyl (C=O) groups excluding carboxylic acids is 1. The summed E-state index contributed by atoms with van der Waals surface area (Å²) >= 11 is 0. The van der Waals surface area contributed by atoms with Gasteiger partial charge in [0.2, 0.25) is 11.9 Å². The number of hydrogen-bond acceptors (Lipinski definition) is 3. The molecule has 2 aromatic rings. The van der Waals surface area contributed by atoms with E-state index < -0.39 is 0 Å². The molecule has 0 radical (unpaired) electrons. The molecule has 1 N–H and O–H groups in total. The van der Waals surface area contributed by atoms with E-state index >= 15 is 0 Å². The molecular formula is C20H30N4O. The van der Waals surface area contributed by atoms with Crippen LogP contribution in [0.3, 0.4) is 0 Å². The number of rotatable bonds is 6. The Morgan fingerprint density at radius 1 is 1.28 bits per heavy atom. The highest BCUT2D eigenvalue weighted by Gasteiger charge is 2.27. The second-order valence-electron chi connectivity index (χ2n) is 7.33. The van der Waals surface area contributed by atoms with Gasteiger partial charge in [0.25, 0.3) is 0 Å². The molecule has 1 aromatic heterocycles. The van der Waals surface area contributed by atoms with Crippen molar-refractivity contribution in [3.8, 4) is 0 Å². The zero-order valence-electron chi connectivity index (χ0n) is 15.7. The first kappa shape index (κ1) is 17.8. The number of piperidine rings is 1. The average molecular weight is 342 g/mol. The van der Waals surface area contributed by atoms with Gasteiger partial charge in [-0.1, -0.05) is 25.5 Å². The Morgan fingerprint density at radius 3 is 2.68 bits per heavy atom. The lowest BCUT2D eigenvalue weighted by atomic mass is 9.96. The molecule has 3 rings (SSSR count). The van der Waals surface area contributed by atoms with Gasteiger partial charge in [0, 0.05) is 31.6 Å². The van der Waals surface area contributed by atoms with Crippen LogP contribution in [0.1, 0.15) is 46.5 Å². The zero-order valence-corrected chi connectivity index (χ0v) is 15.7. The lowest BCUT2D eigenvalue weighted by molar-refractivity contribution is -0.126. The Hall–Kier alpha value is -2.04. The molecule has 0 saturated carbocycles. The third-order valence-corrected chi connectivity index (χ3v) is 4.95. The minimum Gasteiger partial charge on any atom is -0.354 e. The van der Waals surface area contributed by atoms with Gasteiger partial charge in [0.05, 0.1) is 11.0 Å². The predicted molar refractivity (Wildman–Crippen MR) is 103 cm³/mol. The summed E-state index contributed by atoms with van der Waals surface area (Å²) in [5, 5.41) is 3.05. The second-order valence-corrected chi connectivity index (χ2v) is 7.33. The van der Waals surface area contributed by atoms with Crippen molar-refractivity contribution in [2.24, 2.45) is 5.92 Å². The molecule has 1 aliphatic rings. The Labute approximate surface area is 150 Å². The van der Waals surface area contributed by atoms with Crippen LogP contribution < -0.4 is 10.2 Å². The molecular weight excluding hydrogens is 312 g/mol. The summed E-state index contributed by atoms with van der Waals surface area (Å²) in [5.41, 5.74) is 2.28. The van der Waals surface area contributed by atoms with Crippen LogP contribution in [0.5, 0.6) is 0 Å². The molecule has 0 spiro atoms. The van der Waals surface area contributed by atoms with Gasteiger partial charge in [0.1, 0.15) is 0 Å². The van der Waals surface area contributed by atoms with Gasteiger partial charge < -0.3 is 14.8 Å². The van der Waals surface area contributed by atoms with E-state index in [2.05, 4.69) is 39.9 Å². The molecule has 1 amide bonds. The smallest absolute Gasteiger partial charge is 0.223 e. The standard InChI is InChI=1S/C20H30N4O/c1-4-5-12-24-18-9-7-6-8-17(18)22-20(24)23-13-10-16(11-14-23)19(25)21-15(2)3/h6-9,15-16H,4-5,10-14H2,1-3H3,(H,21,25). The number of anilines is 1. The van der Waals surface area contributed by atoms with Crippen LogP contribution in [-0.4, -0.2) is 34.6 Å². The van der Waals surface area contributed by atoms with Gasteiger partial charge in [-0.25, -0.2) is 4.98 Å². The van der Waals surface area contributed by atoms with Crippen molar-refractivity contribution in [2.75, 3.05) is 18.0 Å². The van der Waals surface area contributed by atoms with Crippen LogP contribution in [0.2, 0.25) is 0 Å². The lowest BCUT2D eigenvalue weighted by Gasteiger charge is -2.32. The first-order valence-electron chi connectivity index (χ1n) is 9.60. The molecule has 0 atom stereocenters. The van der Waals surface area contributed by atoms with E-state index in [-0.39, 0.29) is 17.9 Å². The van der Waals surface area contributed by atoms with E-state index in [0.717, 1.165) is 50.4 Å². The Balaban J connectivity index is 1.75. The predicted octanol–water partition coefficient (Wildman–Crippen LogP) is 3.58. The highest BCUT2D eigenvalue weighted by atomic mass is 16.1. The van der Waals surface area contributed by atoms with Crippen LogP contribution in [-0.2, 0) is 11.3 Å². The first-order valence-corrected chi connectivity index (χ1v) is 9.60. The van der Waals surface area contributed by atoms with Gasteiger partial charge in [-0.2, -0.15) is 0 Å². The molecule has 25 heavy (non-hydrogen) atoms.